The second-order valence-corrected chi connectivity index (χ2v) is 7.38. The molecule has 1 aliphatic heterocycles. The van der Waals surface area contributed by atoms with E-state index in [1.807, 2.05) is 6.92 Å². The third kappa shape index (κ3) is 2.28. The molecule has 0 saturated carbocycles. The van der Waals surface area contributed by atoms with Crippen molar-refractivity contribution in [3.05, 3.63) is 28.4 Å². The molecule has 1 atom stereocenters. The van der Waals surface area contributed by atoms with Crippen molar-refractivity contribution in [3.63, 3.8) is 0 Å². The van der Waals surface area contributed by atoms with Gasteiger partial charge < -0.3 is 0 Å². The zero-order valence-corrected chi connectivity index (χ0v) is 12.9. The van der Waals surface area contributed by atoms with Crippen LogP contribution in [0.3, 0.4) is 0 Å². The van der Waals surface area contributed by atoms with Gasteiger partial charge in [0.2, 0.25) is 10.0 Å². The van der Waals surface area contributed by atoms with Crippen molar-refractivity contribution < 1.29 is 8.42 Å². The van der Waals surface area contributed by atoms with Crippen molar-refractivity contribution in [2.45, 2.75) is 44.0 Å². The Balaban J connectivity index is 2.13. The third-order valence-corrected chi connectivity index (χ3v) is 6.02. The van der Waals surface area contributed by atoms with Crippen LogP contribution < -0.4 is 5.56 Å². The fraction of sp³-hybridized carbons (Fsp3) is 0.538. The predicted molar refractivity (Wildman–Crippen MR) is 77.8 cm³/mol. The molecule has 2 aromatic rings. The minimum atomic E-state index is -3.57. The smallest absolute Gasteiger partial charge is 0.288 e. The van der Waals surface area contributed by atoms with E-state index >= 15 is 0 Å². The van der Waals surface area contributed by atoms with E-state index in [0.717, 1.165) is 19.3 Å². The molecule has 1 aliphatic rings. The van der Waals surface area contributed by atoms with Crippen LogP contribution >= 0.6 is 0 Å². The normalized spacial score (nSPS) is 21.0. The Bertz CT molecular complexity index is 837. The first kappa shape index (κ1) is 14.3. The number of fused-ring (bicyclic) bond motifs is 1. The van der Waals surface area contributed by atoms with Crippen LogP contribution in [0, 0.1) is 6.92 Å². The van der Waals surface area contributed by atoms with Gasteiger partial charge in [0.1, 0.15) is 16.2 Å². The van der Waals surface area contributed by atoms with Gasteiger partial charge in [0.15, 0.2) is 0 Å². The Labute approximate surface area is 122 Å². The molecule has 0 radical (unpaired) electrons. The third-order valence-electron chi connectivity index (χ3n) is 4.04. The molecular weight excluding hydrogens is 292 g/mol. The number of hydrogen-bond donors (Lipinski definition) is 1. The van der Waals surface area contributed by atoms with Gasteiger partial charge in [-0.05, 0) is 32.8 Å². The molecule has 0 amide bonds. The Hall–Kier alpha value is -1.67. The lowest BCUT2D eigenvalue weighted by atomic mass is 10.1. The molecule has 3 heterocycles. The van der Waals surface area contributed by atoms with Crippen molar-refractivity contribution in [2.75, 3.05) is 6.54 Å². The molecule has 7 nitrogen and oxygen atoms in total. The zero-order valence-electron chi connectivity index (χ0n) is 12.0. The van der Waals surface area contributed by atoms with Crippen molar-refractivity contribution in [3.8, 4) is 0 Å². The van der Waals surface area contributed by atoms with E-state index in [4.69, 9.17) is 0 Å². The maximum absolute atomic E-state index is 12.8. The highest BCUT2D eigenvalue weighted by Gasteiger charge is 2.32. The monoisotopic (exact) mass is 310 g/mol. The van der Waals surface area contributed by atoms with Crippen LogP contribution in [0.25, 0.3) is 5.52 Å². The molecule has 1 fully saturated rings. The molecule has 0 bridgehead atoms. The number of hydrogen-bond acceptors (Lipinski definition) is 4. The van der Waals surface area contributed by atoms with Crippen LogP contribution in [0.4, 0.5) is 0 Å². The number of sulfonamides is 1. The summed E-state index contributed by atoms with van der Waals surface area (Å²) in [5, 5.41) is 6.21. The van der Waals surface area contributed by atoms with Crippen LogP contribution in [0.15, 0.2) is 22.0 Å². The molecule has 2 aromatic heterocycles. The molecule has 8 heteroatoms. The number of piperidine rings is 1. The maximum Gasteiger partial charge on any atom is 0.288 e. The maximum atomic E-state index is 12.8. The second-order valence-electron chi connectivity index (χ2n) is 5.49. The lowest BCUT2D eigenvalue weighted by molar-refractivity contribution is 0.268. The fourth-order valence-corrected chi connectivity index (χ4v) is 4.55. The minimum Gasteiger partial charge on any atom is -0.298 e. The molecule has 0 spiro atoms. The summed E-state index contributed by atoms with van der Waals surface area (Å²) < 4.78 is 28.6. The molecule has 0 aromatic carbocycles. The van der Waals surface area contributed by atoms with Crippen LogP contribution in [0.2, 0.25) is 0 Å². The van der Waals surface area contributed by atoms with Gasteiger partial charge in [-0.15, -0.1) is 0 Å². The van der Waals surface area contributed by atoms with Crippen molar-refractivity contribution >= 4 is 15.5 Å². The Morgan fingerprint density at radius 3 is 2.81 bits per heavy atom. The summed E-state index contributed by atoms with van der Waals surface area (Å²) in [5.74, 6) is 0.540. The second kappa shape index (κ2) is 4.96. The minimum absolute atomic E-state index is 0.00994. The molecule has 0 aliphatic carbocycles. The predicted octanol–water partition coefficient (Wildman–Crippen LogP) is 0.894. The molecule has 21 heavy (non-hydrogen) atoms. The highest BCUT2D eigenvalue weighted by atomic mass is 32.2. The number of aryl methyl sites for hydroxylation is 1. The van der Waals surface area contributed by atoms with E-state index in [1.165, 1.54) is 21.0 Å². The lowest BCUT2D eigenvalue weighted by Gasteiger charge is -2.31. The summed E-state index contributed by atoms with van der Waals surface area (Å²) in [6.07, 6.45) is 4.27. The van der Waals surface area contributed by atoms with Crippen molar-refractivity contribution in [2.24, 2.45) is 0 Å². The summed E-state index contributed by atoms with van der Waals surface area (Å²) in [6, 6.07) is 1.41. The molecule has 1 saturated heterocycles. The number of H-pyrrole nitrogens is 1. The highest BCUT2D eigenvalue weighted by molar-refractivity contribution is 7.89. The Kier molecular flexibility index (Phi) is 3.37. The van der Waals surface area contributed by atoms with Gasteiger partial charge in [0, 0.05) is 18.8 Å². The van der Waals surface area contributed by atoms with Gasteiger partial charge in [0.05, 0.1) is 0 Å². The summed E-state index contributed by atoms with van der Waals surface area (Å²) in [4.78, 5) is 11.9. The first-order chi connectivity index (χ1) is 9.91. The van der Waals surface area contributed by atoms with Crippen molar-refractivity contribution in [1.29, 1.82) is 0 Å². The van der Waals surface area contributed by atoms with Crippen LogP contribution in [0.5, 0.6) is 0 Å². The van der Waals surface area contributed by atoms with E-state index in [2.05, 4.69) is 10.2 Å². The summed E-state index contributed by atoms with van der Waals surface area (Å²) in [5.41, 5.74) is -0.0977. The number of nitrogens with one attached hydrogen (secondary N) is 1. The lowest BCUT2D eigenvalue weighted by Crippen LogP contribution is -2.41. The fourth-order valence-electron chi connectivity index (χ4n) is 2.83. The Morgan fingerprint density at radius 1 is 1.38 bits per heavy atom. The molecule has 0 unspecified atom stereocenters. The van der Waals surface area contributed by atoms with E-state index in [-0.39, 0.29) is 10.9 Å². The van der Waals surface area contributed by atoms with Gasteiger partial charge >= 0.3 is 0 Å². The molecule has 3 rings (SSSR count). The van der Waals surface area contributed by atoms with Crippen LogP contribution in [0.1, 0.15) is 32.0 Å². The van der Waals surface area contributed by atoms with E-state index in [1.54, 1.807) is 6.92 Å². The highest BCUT2D eigenvalue weighted by Crippen LogP contribution is 2.26. The average molecular weight is 310 g/mol. The largest absolute Gasteiger partial charge is 0.298 e. The first-order valence-electron chi connectivity index (χ1n) is 7.00. The molecule has 1 N–H and O–H groups in total. The number of rotatable bonds is 2. The standard InChI is InChI=1S/C13H18N4O3S/c1-9-5-3-4-6-17(9)21(19,20)11-7-12-13(18)15-14-10(2)16(12)8-11/h7-9H,3-6H2,1-2H3,(H,15,18)/t9-/m0/s1. The number of aromatic nitrogens is 3. The molecular formula is C13H18N4O3S. The number of nitrogens with zero attached hydrogens (tertiary/aromatic N) is 3. The van der Waals surface area contributed by atoms with E-state index < -0.39 is 15.6 Å². The Morgan fingerprint density at radius 2 is 2.14 bits per heavy atom. The number of aromatic amines is 1. The summed E-state index contributed by atoms with van der Waals surface area (Å²) >= 11 is 0. The molecule has 114 valence electrons. The van der Waals surface area contributed by atoms with Gasteiger partial charge in [-0.25, -0.2) is 13.5 Å². The van der Waals surface area contributed by atoms with Crippen LogP contribution in [-0.2, 0) is 10.0 Å². The van der Waals surface area contributed by atoms with Gasteiger partial charge in [-0.1, -0.05) is 6.42 Å². The summed E-state index contributed by atoms with van der Waals surface area (Å²) in [6.45, 7) is 4.16. The van der Waals surface area contributed by atoms with E-state index in [9.17, 15) is 13.2 Å². The van der Waals surface area contributed by atoms with E-state index in [0.29, 0.717) is 17.9 Å². The van der Waals surface area contributed by atoms with Crippen molar-refractivity contribution in [1.82, 2.24) is 18.9 Å². The zero-order chi connectivity index (χ0) is 15.2. The van der Waals surface area contributed by atoms with Gasteiger partial charge in [-0.3, -0.25) is 9.20 Å². The van der Waals surface area contributed by atoms with Gasteiger partial charge in [-0.2, -0.15) is 9.40 Å². The quantitative estimate of drug-likeness (QED) is 0.892. The first-order valence-corrected chi connectivity index (χ1v) is 8.44. The summed E-state index contributed by atoms with van der Waals surface area (Å²) in [7, 11) is -3.57. The SMILES string of the molecule is Cc1n[nH]c(=O)c2cc(S(=O)(=O)N3CCCC[C@@H]3C)cn12. The van der Waals surface area contributed by atoms with Crippen LogP contribution in [-0.4, -0.2) is 39.9 Å². The topological polar surface area (TPSA) is 87.5 Å². The van der Waals surface area contributed by atoms with Gasteiger partial charge in [0.25, 0.3) is 5.56 Å². The average Bonchev–Trinajstić information content (AvgIpc) is 2.90.